The molecule has 0 spiro atoms. The Labute approximate surface area is 329 Å². The number of H-pyrrole nitrogens is 2. The molecule has 25 heteroatoms. The molecule has 0 radical (unpaired) electrons. The molecule has 9 rings (SSSR count). The molecule has 20 nitrogen and oxygen atoms in total. The average molecular weight is 862 g/mol. The van der Waals surface area contributed by atoms with E-state index in [4.69, 9.17) is 9.97 Å². The number of hydrogen-bond donors (Lipinski definition) is 6. The Morgan fingerprint density at radius 2 is 0.632 bits per heavy atom. The molecule has 282 valence electrons. The zero-order valence-corrected chi connectivity index (χ0v) is 32.3. The fraction of sp³-hybridized carbons (Fsp3) is 0. The summed E-state index contributed by atoms with van der Waals surface area (Å²) in [7, 11) is -24.6. The van der Waals surface area contributed by atoms with Crippen LogP contribution in [-0.2, 0) is 40.5 Å². The summed E-state index contributed by atoms with van der Waals surface area (Å²) in [6, 6.07) is 19.9. The molecule has 7 aromatic rings. The summed E-state index contributed by atoms with van der Waals surface area (Å²) in [5.41, 5.74) is 0.187. The van der Waals surface area contributed by atoms with Gasteiger partial charge in [0.05, 0.1) is 10.8 Å². The molecule has 0 fully saturated rings. The van der Waals surface area contributed by atoms with Crippen molar-refractivity contribution in [1.82, 2.24) is 39.9 Å². The van der Waals surface area contributed by atoms with E-state index in [-0.39, 0.29) is 51.8 Å². The van der Waals surface area contributed by atoms with Gasteiger partial charge >= 0.3 is 17.4 Å². The first-order valence-electron chi connectivity index (χ1n) is 15.5. The number of rotatable bonds is 4. The fourth-order valence-corrected chi connectivity index (χ4v) is 11.7. The zero-order chi connectivity index (χ0) is 39.7. The van der Waals surface area contributed by atoms with E-state index in [0.29, 0.717) is 33.2 Å². The fourth-order valence-electron chi connectivity index (χ4n) is 6.75. The number of aromatic nitrogens is 8. The average Bonchev–Trinajstić information content (AvgIpc) is 3.84. The first kappa shape index (κ1) is 38.3. The third-order valence-corrected chi connectivity index (χ3v) is 12.9. The van der Waals surface area contributed by atoms with Crippen molar-refractivity contribution in [3.8, 4) is 45.6 Å². The summed E-state index contributed by atoms with van der Waals surface area (Å²) in [6.45, 7) is 0. The number of hydrogen-bond acceptors (Lipinski definition) is 14. The molecule has 4 aromatic carbocycles. The summed E-state index contributed by atoms with van der Waals surface area (Å²) < 4.78 is 146. The second-order valence-electron chi connectivity index (χ2n) is 12.2. The minimum absolute atomic E-state index is 0. The Balaban J connectivity index is 0.00000455. The number of benzene rings is 4. The molecule has 0 saturated heterocycles. The normalized spacial score (nSPS) is 13.0. The largest absolute Gasteiger partial charge is 3.00 e. The number of nitrogens with zero attached hydrogens (tertiary/aromatic N) is 6. The van der Waals surface area contributed by atoms with Crippen LogP contribution in [0.25, 0.3) is 89.7 Å². The topological polar surface area (TPSA) is 326 Å². The van der Waals surface area contributed by atoms with E-state index >= 15 is 0 Å². The molecule has 0 unspecified atom stereocenters. The summed E-state index contributed by atoms with van der Waals surface area (Å²) in [4.78, 5) is 24.5. The van der Waals surface area contributed by atoms with Gasteiger partial charge in [-0.05, 0) is 0 Å². The molecule has 0 aliphatic carbocycles. The quantitative estimate of drug-likeness (QED) is 0.109. The van der Waals surface area contributed by atoms with Crippen molar-refractivity contribution in [1.29, 1.82) is 0 Å². The van der Waals surface area contributed by atoms with E-state index in [2.05, 4.69) is 29.9 Å². The van der Waals surface area contributed by atoms with Gasteiger partial charge in [0.2, 0.25) is 0 Å². The number of nitrogens with one attached hydrogen (secondary N) is 2. The van der Waals surface area contributed by atoms with Crippen LogP contribution in [0.2, 0.25) is 0 Å². The Bertz CT molecular complexity index is 3380. The van der Waals surface area contributed by atoms with Crippen molar-refractivity contribution in [3.63, 3.8) is 0 Å². The number of aromatic amines is 2. The number of fused-ring (bicyclic) bond motifs is 20. The summed E-state index contributed by atoms with van der Waals surface area (Å²) in [6.07, 6.45) is 0. The molecule has 0 atom stereocenters. The Hall–Kier alpha value is -5.59. The summed E-state index contributed by atoms with van der Waals surface area (Å²) in [5.74, 6) is -0.428. The maximum Gasteiger partial charge on any atom is 3.00 e. The van der Waals surface area contributed by atoms with Crippen molar-refractivity contribution in [3.05, 3.63) is 72.8 Å². The van der Waals surface area contributed by atoms with Crippen molar-refractivity contribution >= 4 is 102 Å². The molecule has 57 heavy (non-hydrogen) atoms. The molecule has 5 heterocycles. The van der Waals surface area contributed by atoms with E-state index in [9.17, 15) is 51.9 Å². The second kappa shape index (κ2) is 12.7. The molecule has 8 bridgehead atoms. The van der Waals surface area contributed by atoms with Gasteiger partial charge in [0.25, 0.3) is 40.5 Å². The van der Waals surface area contributed by atoms with Crippen LogP contribution in [0.4, 0.5) is 0 Å². The zero-order valence-electron chi connectivity index (χ0n) is 27.9. The van der Waals surface area contributed by atoms with Crippen molar-refractivity contribution < 1.29 is 51.9 Å². The van der Waals surface area contributed by atoms with Crippen LogP contribution in [0.5, 0.6) is 0 Å². The molecule has 3 aromatic heterocycles. The van der Waals surface area contributed by atoms with Crippen LogP contribution in [0, 0.1) is 0 Å². The van der Waals surface area contributed by atoms with E-state index in [1.54, 1.807) is 60.7 Å². The smallest absolute Gasteiger partial charge is 0.324 e. The maximum atomic E-state index is 13.2. The third-order valence-electron chi connectivity index (χ3n) is 8.85. The first-order chi connectivity index (χ1) is 26.3. The SMILES string of the molecule is O=S(=O)(O)c1c(S(=O)(=O)O)c(S(=O)(=O)O)c2c3nc4nc(nc5[nH]c(nc6nc(nc([nH]3)c2c1S(=O)(=O)O)-c1ccccc1-6)c1ccccc51)-c1ccccc1-4.[Al+3]. The maximum absolute atomic E-state index is 13.2. The summed E-state index contributed by atoms with van der Waals surface area (Å²) in [5, 5.41) is -1.17. The van der Waals surface area contributed by atoms with Gasteiger partial charge in [-0.3, -0.25) is 18.2 Å². The molecule has 0 amide bonds. The second-order valence-corrected chi connectivity index (χ2v) is 17.6. The van der Waals surface area contributed by atoms with Crippen molar-refractivity contribution in [2.75, 3.05) is 0 Å². The molecule has 2 aliphatic rings. The molecular formula is C32H18AlN8O12S4+3. The van der Waals surface area contributed by atoms with Gasteiger partial charge in [-0.25, -0.2) is 29.9 Å². The Morgan fingerprint density at radius 3 is 0.930 bits per heavy atom. The minimum Gasteiger partial charge on any atom is -0.324 e. The van der Waals surface area contributed by atoms with Crippen LogP contribution in [-0.4, -0.2) is 109 Å². The first-order valence-corrected chi connectivity index (χ1v) is 21.3. The van der Waals surface area contributed by atoms with E-state index in [0.717, 1.165) is 0 Å². The van der Waals surface area contributed by atoms with Gasteiger partial charge in [-0.15, -0.1) is 0 Å². The van der Waals surface area contributed by atoms with Crippen LogP contribution >= 0.6 is 0 Å². The van der Waals surface area contributed by atoms with Gasteiger partial charge in [0.15, 0.2) is 23.3 Å². The molecule has 0 saturated carbocycles. The standard InChI is InChI=1S/C32H18N8O12S4.Al/c41-53(42,43)21-19-20(22(54(44,45)46)24(56(50,51)52)23(21)55(47,48)49)32-39-30-18-12-6-4-10-16(18)28(37-30)35-26-14-8-2-1-7-13(14)25(33-26)34-27-15-9-3-5-11-17(15)29(36-27)38-31(19)40-32;/h1-12H,(H,41,42,43)(H,44,45,46)(H,47,48,49)(H,50,51,52)(H2,33,34,35,36,37,38,39,40);/q;+3. The van der Waals surface area contributed by atoms with Gasteiger partial charge in [-0.2, -0.15) is 33.7 Å². The van der Waals surface area contributed by atoms with E-state index in [1.165, 1.54) is 12.1 Å². The van der Waals surface area contributed by atoms with Crippen LogP contribution in [0.15, 0.2) is 92.4 Å². The van der Waals surface area contributed by atoms with Crippen molar-refractivity contribution in [2.24, 2.45) is 0 Å². The van der Waals surface area contributed by atoms with Gasteiger partial charge in [0.1, 0.15) is 42.2 Å². The van der Waals surface area contributed by atoms with Crippen LogP contribution in [0.1, 0.15) is 0 Å². The Morgan fingerprint density at radius 1 is 0.368 bits per heavy atom. The molecule has 6 N–H and O–H groups in total. The van der Waals surface area contributed by atoms with Crippen molar-refractivity contribution in [2.45, 2.75) is 19.6 Å². The molecular weight excluding hydrogens is 844 g/mol. The van der Waals surface area contributed by atoms with E-state index in [1.807, 2.05) is 0 Å². The van der Waals surface area contributed by atoms with E-state index < -0.39 is 82.1 Å². The summed E-state index contributed by atoms with van der Waals surface area (Å²) >= 11 is 0. The van der Waals surface area contributed by atoms with Gasteiger partial charge in [-0.1, -0.05) is 72.8 Å². The van der Waals surface area contributed by atoms with Gasteiger partial charge in [0, 0.05) is 33.0 Å². The van der Waals surface area contributed by atoms with Crippen LogP contribution < -0.4 is 0 Å². The third kappa shape index (κ3) is 6.08. The Kier molecular flexibility index (Phi) is 8.54. The van der Waals surface area contributed by atoms with Crippen LogP contribution in [0.3, 0.4) is 0 Å². The predicted molar refractivity (Wildman–Crippen MR) is 201 cm³/mol. The minimum atomic E-state index is -6.24. The predicted octanol–water partition coefficient (Wildman–Crippen LogP) is 3.48. The molecule has 2 aliphatic heterocycles. The monoisotopic (exact) mass is 861 g/mol. The van der Waals surface area contributed by atoms with Gasteiger partial charge < -0.3 is 9.97 Å².